The number of benzene rings is 2. The number of hydrogen-bond acceptors (Lipinski definition) is 6. The lowest BCUT2D eigenvalue weighted by atomic mass is 10.2. The minimum Gasteiger partial charge on any atom is -0.490 e. The molecule has 0 bridgehead atoms. The number of para-hydroxylation sites is 2. The van der Waals surface area contributed by atoms with Gasteiger partial charge in [0.1, 0.15) is 23.2 Å². The van der Waals surface area contributed by atoms with Crippen molar-refractivity contribution in [1.82, 2.24) is 0 Å². The molecule has 0 aliphatic rings. The molecule has 26 heavy (non-hydrogen) atoms. The Bertz CT molecular complexity index is 1030. The Kier molecular flexibility index (Phi) is 5.09. The van der Waals surface area contributed by atoms with Gasteiger partial charge < -0.3 is 18.6 Å². The van der Waals surface area contributed by atoms with Crippen molar-refractivity contribution in [3.8, 4) is 29.1 Å². The zero-order valence-electron chi connectivity index (χ0n) is 14.4. The van der Waals surface area contributed by atoms with Crippen LogP contribution < -0.4 is 19.6 Å². The number of rotatable bonds is 6. The molecule has 0 amide bonds. The Morgan fingerprint density at radius 2 is 1.88 bits per heavy atom. The van der Waals surface area contributed by atoms with Crippen molar-refractivity contribution in [2.75, 3.05) is 13.2 Å². The topological polar surface area (TPSA) is 81.7 Å². The molecule has 1 heterocycles. The van der Waals surface area contributed by atoms with Gasteiger partial charge in [-0.1, -0.05) is 12.1 Å². The molecule has 0 fully saturated rings. The van der Waals surface area contributed by atoms with Gasteiger partial charge in [0.15, 0.2) is 18.1 Å². The van der Waals surface area contributed by atoms with E-state index in [-0.39, 0.29) is 17.8 Å². The summed E-state index contributed by atoms with van der Waals surface area (Å²) in [5.41, 5.74) is 0.0790. The SMILES string of the molecule is CCOc1ccccc1Oc1c(C)oc2cc(OCC#N)ccc2c1=O. The highest BCUT2D eigenvalue weighted by Crippen LogP contribution is 2.32. The Balaban J connectivity index is 2.02. The Morgan fingerprint density at radius 3 is 2.62 bits per heavy atom. The Morgan fingerprint density at radius 1 is 1.12 bits per heavy atom. The molecule has 0 saturated carbocycles. The van der Waals surface area contributed by atoms with Crippen LogP contribution in [0.1, 0.15) is 12.7 Å². The minimum atomic E-state index is -0.290. The normalized spacial score (nSPS) is 10.3. The van der Waals surface area contributed by atoms with Crippen LogP contribution in [0.25, 0.3) is 11.0 Å². The summed E-state index contributed by atoms with van der Waals surface area (Å²) < 4.78 is 22.3. The largest absolute Gasteiger partial charge is 0.490 e. The van der Waals surface area contributed by atoms with E-state index in [0.717, 1.165) is 0 Å². The van der Waals surface area contributed by atoms with Crippen LogP contribution >= 0.6 is 0 Å². The van der Waals surface area contributed by atoms with Crippen molar-refractivity contribution in [3.63, 3.8) is 0 Å². The lowest BCUT2D eigenvalue weighted by molar-refractivity contribution is 0.318. The summed E-state index contributed by atoms with van der Waals surface area (Å²) in [6, 6.07) is 13.8. The smallest absolute Gasteiger partial charge is 0.235 e. The second-order valence-electron chi connectivity index (χ2n) is 5.40. The van der Waals surface area contributed by atoms with Crippen LogP contribution in [0, 0.1) is 18.3 Å². The second-order valence-corrected chi connectivity index (χ2v) is 5.40. The third kappa shape index (κ3) is 3.47. The van der Waals surface area contributed by atoms with Crippen molar-refractivity contribution in [3.05, 3.63) is 58.4 Å². The van der Waals surface area contributed by atoms with Gasteiger partial charge in [-0.2, -0.15) is 5.26 Å². The van der Waals surface area contributed by atoms with Crippen molar-refractivity contribution >= 4 is 11.0 Å². The molecule has 0 spiro atoms. The molecule has 0 atom stereocenters. The summed E-state index contributed by atoms with van der Waals surface area (Å²) in [6.45, 7) is 3.93. The quantitative estimate of drug-likeness (QED) is 0.662. The molecule has 6 nitrogen and oxygen atoms in total. The molecular weight excluding hydrogens is 334 g/mol. The molecule has 0 N–H and O–H groups in total. The van der Waals surface area contributed by atoms with Gasteiger partial charge in [-0.15, -0.1) is 0 Å². The van der Waals surface area contributed by atoms with E-state index in [9.17, 15) is 4.79 Å². The average Bonchev–Trinajstić information content (AvgIpc) is 2.64. The first-order valence-corrected chi connectivity index (χ1v) is 8.11. The fourth-order valence-corrected chi connectivity index (χ4v) is 2.51. The zero-order valence-corrected chi connectivity index (χ0v) is 14.4. The minimum absolute atomic E-state index is 0.0792. The number of nitrogens with zero attached hydrogens (tertiary/aromatic N) is 1. The lowest BCUT2D eigenvalue weighted by Gasteiger charge is -2.12. The van der Waals surface area contributed by atoms with Crippen LogP contribution in [-0.2, 0) is 0 Å². The monoisotopic (exact) mass is 351 g/mol. The molecule has 0 unspecified atom stereocenters. The predicted molar refractivity (Wildman–Crippen MR) is 96.0 cm³/mol. The fourth-order valence-electron chi connectivity index (χ4n) is 2.51. The average molecular weight is 351 g/mol. The van der Waals surface area contributed by atoms with E-state index in [1.54, 1.807) is 43.3 Å². The van der Waals surface area contributed by atoms with Crippen LogP contribution in [0.2, 0.25) is 0 Å². The van der Waals surface area contributed by atoms with E-state index in [0.29, 0.717) is 40.6 Å². The maximum atomic E-state index is 12.8. The standard InChI is InChI=1S/C20H17NO5/c1-3-23-16-6-4-5-7-17(16)26-20-13(2)25-18-12-14(24-11-10-21)8-9-15(18)19(20)22/h4-9,12H,3,11H2,1-2H3. The Hall–Kier alpha value is -3.46. The third-order valence-electron chi connectivity index (χ3n) is 3.65. The van der Waals surface area contributed by atoms with Crippen LogP contribution in [0.5, 0.6) is 23.0 Å². The molecule has 1 aromatic heterocycles. The molecule has 0 saturated heterocycles. The number of fused-ring (bicyclic) bond motifs is 1. The van der Waals surface area contributed by atoms with E-state index in [1.807, 2.05) is 19.1 Å². The lowest BCUT2D eigenvalue weighted by Crippen LogP contribution is -2.08. The number of hydrogen-bond donors (Lipinski definition) is 0. The summed E-state index contributed by atoms with van der Waals surface area (Å²) in [5.74, 6) is 1.89. The van der Waals surface area contributed by atoms with Crippen molar-refractivity contribution in [2.24, 2.45) is 0 Å². The van der Waals surface area contributed by atoms with Gasteiger partial charge in [-0.25, -0.2) is 0 Å². The summed E-state index contributed by atoms with van der Waals surface area (Å²) >= 11 is 0. The van der Waals surface area contributed by atoms with Crippen LogP contribution in [0.15, 0.2) is 51.7 Å². The first-order chi connectivity index (χ1) is 12.6. The zero-order chi connectivity index (χ0) is 18.5. The van der Waals surface area contributed by atoms with Gasteiger partial charge in [-0.3, -0.25) is 4.79 Å². The second kappa shape index (κ2) is 7.62. The van der Waals surface area contributed by atoms with Crippen molar-refractivity contribution in [2.45, 2.75) is 13.8 Å². The number of aryl methyl sites for hydroxylation is 1. The maximum Gasteiger partial charge on any atom is 0.235 e. The Labute approximate surface area is 150 Å². The van der Waals surface area contributed by atoms with E-state index in [4.69, 9.17) is 23.9 Å². The first-order valence-electron chi connectivity index (χ1n) is 8.11. The summed E-state index contributed by atoms with van der Waals surface area (Å²) in [6.07, 6.45) is 0. The van der Waals surface area contributed by atoms with E-state index < -0.39 is 0 Å². The number of nitriles is 1. The van der Waals surface area contributed by atoms with Crippen LogP contribution in [-0.4, -0.2) is 13.2 Å². The van der Waals surface area contributed by atoms with Gasteiger partial charge in [0.2, 0.25) is 11.2 Å². The molecule has 0 aliphatic carbocycles. The third-order valence-corrected chi connectivity index (χ3v) is 3.65. The van der Waals surface area contributed by atoms with Crippen LogP contribution in [0.4, 0.5) is 0 Å². The van der Waals surface area contributed by atoms with E-state index >= 15 is 0 Å². The number of ether oxygens (including phenoxy) is 3. The maximum absolute atomic E-state index is 12.8. The van der Waals surface area contributed by atoms with Crippen molar-refractivity contribution in [1.29, 1.82) is 5.26 Å². The molecular formula is C20H17NO5. The molecule has 6 heteroatoms. The molecule has 3 rings (SSSR count). The van der Waals surface area contributed by atoms with Gasteiger partial charge in [0.25, 0.3) is 0 Å². The van der Waals surface area contributed by atoms with Gasteiger partial charge in [-0.05, 0) is 38.1 Å². The van der Waals surface area contributed by atoms with E-state index in [1.165, 1.54) is 0 Å². The molecule has 3 aromatic rings. The van der Waals surface area contributed by atoms with Crippen LogP contribution in [0.3, 0.4) is 0 Å². The molecule has 2 aromatic carbocycles. The van der Waals surface area contributed by atoms with Gasteiger partial charge in [0, 0.05) is 6.07 Å². The molecule has 0 radical (unpaired) electrons. The van der Waals surface area contributed by atoms with Gasteiger partial charge in [0.05, 0.1) is 12.0 Å². The molecule has 0 aliphatic heterocycles. The van der Waals surface area contributed by atoms with Gasteiger partial charge >= 0.3 is 0 Å². The summed E-state index contributed by atoms with van der Waals surface area (Å²) in [7, 11) is 0. The highest BCUT2D eigenvalue weighted by atomic mass is 16.5. The predicted octanol–water partition coefficient (Wildman–Crippen LogP) is 4.19. The van der Waals surface area contributed by atoms with Crippen molar-refractivity contribution < 1.29 is 18.6 Å². The molecule has 132 valence electrons. The van der Waals surface area contributed by atoms with E-state index in [2.05, 4.69) is 0 Å². The summed E-state index contributed by atoms with van der Waals surface area (Å²) in [4.78, 5) is 12.8. The highest BCUT2D eigenvalue weighted by Gasteiger charge is 2.16. The highest BCUT2D eigenvalue weighted by molar-refractivity contribution is 5.79. The fraction of sp³-hybridized carbons (Fsp3) is 0.200. The first kappa shape index (κ1) is 17.4. The summed E-state index contributed by atoms with van der Waals surface area (Å²) in [5, 5.41) is 8.96.